The number of likely N-dealkylation sites (tertiary alicyclic amines) is 1. The first-order valence-corrected chi connectivity index (χ1v) is 9.92. The Morgan fingerprint density at radius 3 is 2.96 bits per heavy atom. The van der Waals surface area contributed by atoms with Gasteiger partial charge in [-0.1, -0.05) is 0 Å². The number of amides is 1. The van der Waals surface area contributed by atoms with E-state index in [1.807, 2.05) is 4.90 Å². The summed E-state index contributed by atoms with van der Waals surface area (Å²) in [5, 5.41) is 10.0. The minimum atomic E-state index is -0.919. The molecular weight excluding hydrogens is 352 g/mol. The number of carbonyl (C=O) groups excluding carboxylic acids is 1. The van der Waals surface area contributed by atoms with E-state index in [1.54, 1.807) is 13.2 Å². The van der Waals surface area contributed by atoms with Gasteiger partial charge in [0.05, 0.1) is 17.0 Å². The molecule has 2 aromatic heterocycles. The molecule has 0 bridgehead atoms. The van der Waals surface area contributed by atoms with Crippen LogP contribution >= 0.6 is 11.3 Å². The van der Waals surface area contributed by atoms with Gasteiger partial charge in [0.1, 0.15) is 4.88 Å². The van der Waals surface area contributed by atoms with Crippen molar-refractivity contribution in [3.05, 3.63) is 38.7 Å². The molecule has 138 valence electrons. The molecule has 0 spiro atoms. The second-order valence-corrected chi connectivity index (χ2v) is 8.30. The summed E-state index contributed by atoms with van der Waals surface area (Å²) in [6.07, 6.45) is 7.60. The summed E-state index contributed by atoms with van der Waals surface area (Å²) in [6, 6.07) is 0. The van der Waals surface area contributed by atoms with Gasteiger partial charge in [-0.15, -0.1) is 11.3 Å². The highest BCUT2D eigenvalue weighted by molar-refractivity contribution is 7.13. The summed E-state index contributed by atoms with van der Waals surface area (Å²) in [5.41, 5.74) is 2.87. The molecule has 1 N–H and O–H groups in total. The Labute approximate surface area is 155 Å². The van der Waals surface area contributed by atoms with Crippen molar-refractivity contribution in [2.24, 2.45) is 5.92 Å². The Morgan fingerprint density at radius 1 is 1.38 bits per heavy atom. The van der Waals surface area contributed by atoms with E-state index >= 15 is 0 Å². The molecule has 1 aliphatic carbocycles. The first kappa shape index (κ1) is 17.3. The van der Waals surface area contributed by atoms with Gasteiger partial charge in [-0.2, -0.15) is 0 Å². The number of nitrogens with zero attached hydrogens (tertiary/aromatic N) is 2. The SMILES string of the molecule is Cc1nc(CC2CCN(C(=O)c3occ4c3CCCC4)C2)sc1C(=O)O. The van der Waals surface area contributed by atoms with Crippen molar-refractivity contribution in [2.45, 2.75) is 45.4 Å². The second kappa shape index (κ2) is 6.87. The van der Waals surface area contributed by atoms with Crippen molar-refractivity contribution < 1.29 is 19.1 Å². The van der Waals surface area contributed by atoms with E-state index in [2.05, 4.69) is 4.98 Å². The molecule has 1 unspecified atom stereocenters. The smallest absolute Gasteiger partial charge is 0.347 e. The van der Waals surface area contributed by atoms with Crippen LogP contribution in [-0.2, 0) is 19.3 Å². The van der Waals surface area contributed by atoms with Crippen LogP contribution < -0.4 is 0 Å². The summed E-state index contributed by atoms with van der Waals surface area (Å²) < 4.78 is 5.62. The lowest BCUT2D eigenvalue weighted by molar-refractivity contribution is 0.0700. The van der Waals surface area contributed by atoms with Gasteiger partial charge in [-0.05, 0) is 50.5 Å². The van der Waals surface area contributed by atoms with E-state index in [0.717, 1.165) is 55.6 Å². The lowest BCUT2D eigenvalue weighted by Gasteiger charge is -2.17. The van der Waals surface area contributed by atoms with Crippen LogP contribution in [0.25, 0.3) is 0 Å². The zero-order valence-electron chi connectivity index (χ0n) is 14.8. The lowest BCUT2D eigenvalue weighted by Crippen LogP contribution is -2.29. The monoisotopic (exact) mass is 374 g/mol. The molecule has 1 aliphatic heterocycles. The molecule has 1 saturated heterocycles. The van der Waals surface area contributed by atoms with E-state index in [1.165, 1.54) is 16.9 Å². The van der Waals surface area contributed by atoms with Gasteiger partial charge in [0, 0.05) is 25.1 Å². The topological polar surface area (TPSA) is 83.6 Å². The lowest BCUT2D eigenvalue weighted by atomic mass is 9.93. The second-order valence-electron chi connectivity index (χ2n) is 7.21. The maximum atomic E-state index is 12.9. The molecule has 2 aliphatic rings. The number of hydrogen-bond acceptors (Lipinski definition) is 5. The van der Waals surface area contributed by atoms with Crippen LogP contribution in [0.1, 0.15) is 61.3 Å². The number of carboxylic acids is 1. The minimum absolute atomic E-state index is 0.00260. The molecule has 7 heteroatoms. The number of carboxylic acid groups (broad SMARTS) is 1. The highest BCUT2D eigenvalue weighted by Crippen LogP contribution is 2.30. The molecule has 6 nitrogen and oxygen atoms in total. The predicted molar refractivity (Wildman–Crippen MR) is 96.9 cm³/mol. The van der Waals surface area contributed by atoms with Gasteiger partial charge in [0.25, 0.3) is 5.91 Å². The molecule has 2 aromatic rings. The third-order valence-electron chi connectivity index (χ3n) is 5.37. The highest BCUT2D eigenvalue weighted by atomic mass is 32.1. The summed E-state index contributed by atoms with van der Waals surface area (Å²) in [4.78, 5) is 30.6. The fourth-order valence-corrected chi connectivity index (χ4v) is 5.03. The normalized spacial score (nSPS) is 19.6. The number of aromatic nitrogens is 1. The Bertz CT molecular complexity index is 854. The van der Waals surface area contributed by atoms with Gasteiger partial charge < -0.3 is 14.4 Å². The van der Waals surface area contributed by atoms with Crippen LogP contribution in [0.4, 0.5) is 0 Å². The number of furan rings is 1. The van der Waals surface area contributed by atoms with Crippen molar-refractivity contribution >= 4 is 23.2 Å². The van der Waals surface area contributed by atoms with Gasteiger partial charge in [-0.3, -0.25) is 4.79 Å². The molecule has 3 heterocycles. The third kappa shape index (κ3) is 3.16. The standard InChI is InChI=1S/C19H22N2O4S/c1-11-17(19(23)24)26-15(20-11)8-12-6-7-21(9-12)18(22)16-14-5-3-2-4-13(14)10-25-16/h10,12H,2-9H2,1H3,(H,23,24). The number of aromatic carboxylic acids is 1. The average molecular weight is 374 g/mol. The first-order valence-electron chi connectivity index (χ1n) is 9.11. The van der Waals surface area contributed by atoms with E-state index in [0.29, 0.717) is 28.8 Å². The zero-order valence-corrected chi connectivity index (χ0v) is 15.6. The molecule has 0 aromatic carbocycles. The molecule has 0 saturated carbocycles. The van der Waals surface area contributed by atoms with E-state index < -0.39 is 5.97 Å². The van der Waals surface area contributed by atoms with Gasteiger partial charge in [0.2, 0.25) is 0 Å². The molecule has 1 atom stereocenters. The van der Waals surface area contributed by atoms with Crippen LogP contribution in [0.5, 0.6) is 0 Å². The van der Waals surface area contributed by atoms with Crippen molar-refractivity contribution in [3.63, 3.8) is 0 Å². The summed E-state index contributed by atoms with van der Waals surface area (Å²) in [7, 11) is 0. The van der Waals surface area contributed by atoms with Crippen molar-refractivity contribution in [1.29, 1.82) is 0 Å². The summed E-state index contributed by atoms with van der Waals surface area (Å²) in [6.45, 7) is 3.12. The first-order chi connectivity index (χ1) is 12.5. The van der Waals surface area contributed by atoms with Crippen molar-refractivity contribution in [3.8, 4) is 0 Å². The number of fused-ring (bicyclic) bond motifs is 1. The number of thiazole rings is 1. The maximum absolute atomic E-state index is 12.9. The number of hydrogen-bond donors (Lipinski definition) is 1. The van der Waals surface area contributed by atoms with E-state index in [4.69, 9.17) is 9.52 Å². The zero-order chi connectivity index (χ0) is 18.3. The largest absolute Gasteiger partial charge is 0.477 e. The maximum Gasteiger partial charge on any atom is 0.347 e. The fraction of sp³-hybridized carbons (Fsp3) is 0.526. The number of carbonyl (C=O) groups is 2. The molecule has 4 rings (SSSR count). The summed E-state index contributed by atoms with van der Waals surface area (Å²) in [5.74, 6) is -0.0789. The Hall–Kier alpha value is -2.15. The van der Waals surface area contributed by atoms with Gasteiger partial charge >= 0.3 is 5.97 Å². The van der Waals surface area contributed by atoms with Crippen LogP contribution in [0.3, 0.4) is 0 Å². The van der Waals surface area contributed by atoms with Crippen LogP contribution in [0.2, 0.25) is 0 Å². The van der Waals surface area contributed by atoms with Crippen molar-refractivity contribution in [2.75, 3.05) is 13.1 Å². The highest BCUT2D eigenvalue weighted by Gasteiger charge is 2.32. The Morgan fingerprint density at radius 2 is 2.19 bits per heavy atom. The predicted octanol–water partition coefficient (Wildman–Crippen LogP) is 3.33. The average Bonchev–Trinajstić information content (AvgIpc) is 3.33. The minimum Gasteiger partial charge on any atom is -0.477 e. The van der Waals surface area contributed by atoms with Crippen molar-refractivity contribution in [1.82, 2.24) is 9.88 Å². The number of aryl methyl sites for hydroxylation is 2. The van der Waals surface area contributed by atoms with Crippen LogP contribution in [0, 0.1) is 12.8 Å². The number of rotatable bonds is 4. The van der Waals surface area contributed by atoms with Gasteiger partial charge in [0.15, 0.2) is 5.76 Å². The van der Waals surface area contributed by atoms with Crippen LogP contribution in [-0.4, -0.2) is 40.0 Å². The molecular formula is C19H22N2O4S. The summed E-state index contributed by atoms with van der Waals surface area (Å²) >= 11 is 1.25. The Balaban J connectivity index is 1.42. The Kier molecular flexibility index (Phi) is 4.56. The molecule has 26 heavy (non-hydrogen) atoms. The van der Waals surface area contributed by atoms with E-state index in [9.17, 15) is 9.59 Å². The van der Waals surface area contributed by atoms with E-state index in [-0.39, 0.29) is 5.91 Å². The fourth-order valence-electron chi connectivity index (χ4n) is 4.01. The molecule has 1 amide bonds. The van der Waals surface area contributed by atoms with Crippen LogP contribution in [0.15, 0.2) is 10.7 Å². The molecule has 0 radical (unpaired) electrons. The quantitative estimate of drug-likeness (QED) is 0.887. The molecule has 1 fully saturated rings. The third-order valence-corrected chi connectivity index (χ3v) is 6.54. The van der Waals surface area contributed by atoms with Gasteiger partial charge in [-0.25, -0.2) is 9.78 Å².